The summed E-state index contributed by atoms with van der Waals surface area (Å²) in [6.07, 6.45) is 5.72. The Morgan fingerprint density at radius 3 is 2.38 bits per heavy atom. The van der Waals surface area contributed by atoms with E-state index in [1.54, 1.807) is 25.3 Å². The highest BCUT2D eigenvalue weighted by Crippen LogP contribution is 2.34. The maximum atomic E-state index is 12.8. The average molecular weight is 382 g/mol. The zero-order valence-corrected chi connectivity index (χ0v) is 16.0. The number of anilines is 2. The van der Waals surface area contributed by atoms with Crippen LogP contribution in [0.5, 0.6) is 5.75 Å². The summed E-state index contributed by atoms with van der Waals surface area (Å²) in [6, 6.07) is 5.20. The molecule has 1 aromatic carbocycles. The van der Waals surface area contributed by atoms with Crippen LogP contribution in [0.1, 0.15) is 38.5 Å². The Morgan fingerprint density at radius 2 is 1.77 bits per heavy atom. The first-order valence-electron chi connectivity index (χ1n) is 9.13. The van der Waals surface area contributed by atoms with Crippen molar-refractivity contribution in [2.24, 2.45) is 11.8 Å². The lowest BCUT2D eigenvalue weighted by Crippen LogP contribution is -2.42. The van der Waals surface area contributed by atoms with Gasteiger partial charge in [0, 0.05) is 30.6 Å². The number of nitrogen functional groups attached to an aromatic ring is 1. The summed E-state index contributed by atoms with van der Waals surface area (Å²) in [5, 5.41) is 2.93. The first-order chi connectivity index (χ1) is 12.1. The van der Waals surface area contributed by atoms with E-state index >= 15 is 0 Å². The van der Waals surface area contributed by atoms with E-state index in [2.05, 4.69) is 5.32 Å². The molecule has 3 N–H and O–H groups in total. The molecule has 0 radical (unpaired) electrons. The summed E-state index contributed by atoms with van der Waals surface area (Å²) in [5.41, 5.74) is 7.03. The third-order valence-corrected chi connectivity index (χ3v) is 5.33. The van der Waals surface area contributed by atoms with E-state index in [1.165, 1.54) is 0 Å². The van der Waals surface area contributed by atoms with Gasteiger partial charge < -0.3 is 20.7 Å². The molecule has 2 aliphatic rings. The molecule has 0 spiro atoms. The second-order valence-electron chi connectivity index (χ2n) is 6.98. The molecule has 1 heterocycles. The fourth-order valence-electron chi connectivity index (χ4n) is 3.96. The van der Waals surface area contributed by atoms with Gasteiger partial charge >= 0.3 is 0 Å². The Balaban J connectivity index is 0.00000243. The molecule has 1 saturated carbocycles. The standard InChI is InChI=1S/C19H27N3O3.ClH/c1-25-17-9-8-13(12-16(17)20)21-18(23)14-6-2-3-7-15(14)19(24)22-10-4-5-11-22;/h8-9,12,14-15H,2-7,10-11,20H2,1H3,(H,21,23);1H. The third kappa shape index (κ3) is 4.41. The van der Waals surface area contributed by atoms with E-state index in [4.69, 9.17) is 10.5 Å². The van der Waals surface area contributed by atoms with E-state index in [9.17, 15) is 9.59 Å². The number of likely N-dealkylation sites (tertiary alicyclic amines) is 1. The van der Waals surface area contributed by atoms with Crippen LogP contribution in [0.3, 0.4) is 0 Å². The van der Waals surface area contributed by atoms with Gasteiger partial charge in [-0.25, -0.2) is 0 Å². The van der Waals surface area contributed by atoms with Crippen molar-refractivity contribution in [2.45, 2.75) is 38.5 Å². The van der Waals surface area contributed by atoms with Gasteiger partial charge in [-0.15, -0.1) is 12.4 Å². The molecule has 144 valence electrons. The molecule has 2 amide bonds. The van der Waals surface area contributed by atoms with E-state index in [0.29, 0.717) is 17.1 Å². The second-order valence-corrected chi connectivity index (χ2v) is 6.98. The molecule has 1 saturated heterocycles. The number of hydrogen-bond acceptors (Lipinski definition) is 4. The highest BCUT2D eigenvalue weighted by Gasteiger charge is 2.38. The van der Waals surface area contributed by atoms with Crippen LogP contribution in [0.15, 0.2) is 18.2 Å². The predicted octanol–water partition coefficient (Wildman–Crippen LogP) is 3.07. The number of ether oxygens (including phenoxy) is 1. The van der Waals surface area contributed by atoms with Crippen molar-refractivity contribution in [1.82, 2.24) is 4.90 Å². The van der Waals surface area contributed by atoms with E-state index in [0.717, 1.165) is 51.6 Å². The lowest BCUT2D eigenvalue weighted by atomic mass is 9.77. The van der Waals surface area contributed by atoms with Crippen LogP contribution in [0.4, 0.5) is 11.4 Å². The summed E-state index contributed by atoms with van der Waals surface area (Å²) in [4.78, 5) is 27.6. The Labute approximate surface area is 160 Å². The van der Waals surface area contributed by atoms with Crippen LogP contribution < -0.4 is 15.8 Å². The number of rotatable bonds is 4. The lowest BCUT2D eigenvalue weighted by molar-refractivity contribution is -0.141. The highest BCUT2D eigenvalue weighted by molar-refractivity contribution is 5.96. The maximum absolute atomic E-state index is 12.8. The van der Waals surface area contributed by atoms with Gasteiger partial charge in [-0.05, 0) is 43.9 Å². The molecule has 0 aromatic heterocycles. The van der Waals surface area contributed by atoms with Gasteiger partial charge in [0.15, 0.2) is 0 Å². The normalized spacial score (nSPS) is 22.4. The predicted molar refractivity (Wildman–Crippen MR) is 105 cm³/mol. The quantitative estimate of drug-likeness (QED) is 0.785. The minimum atomic E-state index is -0.259. The van der Waals surface area contributed by atoms with E-state index in [1.807, 2.05) is 4.90 Å². The van der Waals surface area contributed by atoms with E-state index < -0.39 is 0 Å². The van der Waals surface area contributed by atoms with E-state index in [-0.39, 0.29) is 36.1 Å². The smallest absolute Gasteiger partial charge is 0.228 e. The maximum Gasteiger partial charge on any atom is 0.228 e. The van der Waals surface area contributed by atoms with Crippen LogP contribution in [-0.4, -0.2) is 36.9 Å². The number of benzene rings is 1. The van der Waals surface area contributed by atoms with Crippen molar-refractivity contribution in [2.75, 3.05) is 31.2 Å². The Morgan fingerprint density at radius 1 is 1.12 bits per heavy atom. The minimum Gasteiger partial charge on any atom is -0.495 e. The van der Waals surface area contributed by atoms with Crippen molar-refractivity contribution >= 4 is 35.6 Å². The van der Waals surface area contributed by atoms with Gasteiger partial charge in [0.05, 0.1) is 12.8 Å². The van der Waals surface area contributed by atoms with Crippen LogP contribution in [0, 0.1) is 11.8 Å². The number of amides is 2. The highest BCUT2D eigenvalue weighted by atomic mass is 35.5. The Bertz CT molecular complexity index is 647. The summed E-state index contributed by atoms with van der Waals surface area (Å²) < 4.78 is 5.14. The molecule has 1 aliphatic carbocycles. The summed E-state index contributed by atoms with van der Waals surface area (Å²) in [7, 11) is 1.56. The van der Waals surface area contributed by atoms with Gasteiger partial charge in [-0.1, -0.05) is 12.8 Å². The Kier molecular flexibility index (Phi) is 7.14. The molecule has 2 atom stereocenters. The van der Waals surface area contributed by atoms with Crippen LogP contribution in [0.25, 0.3) is 0 Å². The molecule has 2 unspecified atom stereocenters. The first-order valence-corrected chi connectivity index (χ1v) is 9.13. The summed E-state index contributed by atoms with van der Waals surface area (Å²) in [6.45, 7) is 1.66. The Hall–Kier alpha value is -1.95. The van der Waals surface area contributed by atoms with Gasteiger partial charge in [-0.3, -0.25) is 9.59 Å². The molecule has 0 bridgehead atoms. The van der Waals surface area contributed by atoms with Gasteiger partial charge in [0.2, 0.25) is 11.8 Å². The molecule has 26 heavy (non-hydrogen) atoms. The van der Waals surface area contributed by atoms with Crippen molar-refractivity contribution in [1.29, 1.82) is 0 Å². The number of halogens is 1. The van der Waals surface area contributed by atoms with Gasteiger partial charge in [0.25, 0.3) is 0 Å². The molecule has 3 rings (SSSR count). The number of methoxy groups -OCH3 is 1. The topological polar surface area (TPSA) is 84.7 Å². The van der Waals surface area contributed by atoms with Crippen LogP contribution >= 0.6 is 12.4 Å². The molecule has 7 heteroatoms. The summed E-state index contributed by atoms with van der Waals surface area (Å²) in [5.74, 6) is 0.207. The molecule has 2 fully saturated rings. The number of hydrogen-bond donors (Lipinski definition) is 2. The minimum absolute atomic E-state index is 0. The fraction of sp³-hybridized carbons (Fsp3) is 0.579. The van der Waals surface area contributed by atoms with Crippen molar-refractivity contribution < 1.29 is 14.3 Å². The number of nitrogens with one attached hydrogen (secondary N) is 1. The average Bonchev–Trinajstić information content (AvgIpc) is 3.16. The number of nitrogens with zero attached hydrogens (tertiary/aromatic N) is 1. The van der Waals surface area contributed by atoms with Gasteiger partial charge in [-0.2, -0.15) is 0 Å². The monoisotopic (exact) mass is 381 g/mol. The molecule has 1 aliphatic heterocycles. The van der Waals surface area contributed by atoms with Gasteiger partial charge in [0.1, 0.15) is 5.75 Å². The zero-order chi connectivity index (χ0) is 17.8. The summed E-state index contributed by atoms with van der Waals surface area (Å²) >= 11 is 0. The van der Waals surface area contributed by atoms with Crippen LogP contribution in [0.2, 0.25) is 0 Å². The number of carbonyl (C=O) groups is 2. The zero-order valence-electron chi connectivity index (χ0n) is 15.2. The number of nitrogens with two attached hydrogens (primary N) is 1. The third-order valence-electron chi connectivity index (χ3n) is 5.33. The molecule has 1 aromatic rings. The largest absolute Gasteiger partial charge is 0.495 e. The molecular formula is C19H28ClN3O3. The lowest BCUT2D eigenvalue weighted by Gasteiger charge is -2.32. The SMILES string of the molecule is COc1ccc(NC(=O)C2CCCCC2C(=O)N2CCCC2)cc1N.Cl. The second kappa shape index (κ2) is 9.12. The van der Waals surface area contributed by atoms with Crippen molar-refractivity contribution in [3.05, 3.63) is 18.2 Å². The number of carbonyl (C=O) groups excluding carboxylic acids is 2. The molecular weight excluding hydrogens is 354 g/mol. The molecule has 6 nitrogen and oxygen atoms in total. The van der Waals surface area contributed by atoms with Crippen LogP contribution in [-0.2, 0) is 9.59 Å². The first kappa shape index (κ1) is 20.4. The van der Waals surface area contributed by atoms with Crippen molar-refractivity contribution in [3.63, 3.8) is 0 Å². The fourth-order valence-corrected chi connectivity index (χ4v) is 3.96. The van der Waals surface area contributed by atoms with Crippen molar-refractivity contribution in [3.8, 4) is 5.75 Å².